The van der Waals surface area contributed by atoms with Crippen molar-refractivity contribution < 1.29 is 9.53 Å². The van der Waals surface area contributed by atoms with Gasteiger partial charge in [-0.2, -0.15) is 0 Å². The van der Waals surface area contributed by atoms with Gasteiger partial charge in [-0.3, -0.25) is 9.59 Å². The first-order valence-corrected chi connectivity index (χ1v) is 7.53. The van der Waals surface area contributed by atoms with E-state index in [1.807, 2.05) is 39.0 Å². The molecule has 0 spiro atoms. The van der Waals surface area contributed by atoms with Crippen LogP contribution in [0.5, 0.6) is 5.75 Å². The summed E-state index contributed by atoms with van der Waals surface area (Å²) in [5.74, 6) is 0.421. The van der Waals surface area contributed by atoms with Crippen molar-refractivity contribution in [3.8, 4) is 5.75 Å². The average molecular weight is 314 g/mol. The molecule has 0 aliphatic carbocycles. The smallest absolute Gasteiger partial charge is 0.254 e. The van der Waals surface area contributed by atoms with Crippen LogP contribution >= 0.6 is 0 Å². The summed E-state index contributed by atoms with van der Waals surface area (Å²) >= 11 is 0. The van der Waals surface area contributed by atoms with Crippen LogP contribution in [0.15, 0.2) is 35.1 Å². The maximum Gasteiger partial charge on any atom is 0.254 e. The Hall–Kier alpha value is -2.56. The Kier molecular flexibility index (Phi) is 5.21. The van der Waals surface area contributed by atoms with Crippen LogP contribution in [0.25, 0.3) is 0 Å². The Balaban J connectivity index is 2.02. The monoisotopic (exact) mass is 314 g/mol. The van der Waals surface area contributed by atoms with Crippen LogP contribution in [0.4, 0.5) is 0 Å². The van der Waals surface area contributed by atoms with E-state index in [1.165, 1.54) is 13.2 Å². The van der Waals surface area contributed by atoms with E-state index in [9.17, 15) is 9.59 Å². The van der Waals surface area contributed by atoms with Gasteiger partial charge in [-0.15, -0.1) is 0 Å². The van der Waals surface area contributed by atoms with Crippen LogP contribution in [0.3, 0.4) is 0 Å². The molecule has 0 unspecified atom stereocenters. The zero-order valence-electron chi connectivity index (χ0n) is 14.0. The molecule has 5 nitrogen and oxygen atoms in total. The quantitative estimate of drug-likeness (QED) is 0.920. The molecule has 0 saturated carbocycles. The molecular formula is C18H22N2O3. The lowest BCUT2D eigenvalue weighted by atomic mass is 10.1. The number of ether oxygens (including phenoxy) is 1. The van der Waals surface area contributed by atoms with Gasteiger partial charge in [0.1, 0.15) is 5.75 Å². The van der Waals surface area contributed by atoms with Crippen LogP contribution in [0.1, 0.15) is 27.2 Å². The van der Waals surface area contributed by atoms with Crippen molar-refractivity contribution in [3.63, 3.8) is 0 Å². The summed E-state index contributed by atoms with van der Waals surface area (Å²) in [5, 5.41) is 2.86. The van der Waals surface area contributed by atoms with Crippen LogP contribution in [-0.4, -0.2) is 24.1 Å². The van der Waals surface area contributed by atoms with Gasteiger partial charge >= 0.3 is 0 Å². The van der Waals surface area contributed by atoms with Crippen molar-refractivity contribution in [1.82, 2.24) is 9.88 Å². The SMILES string of the molecule is COc1cc(C)n(CCNC(=O)c2ccc(C)cc2C)c(=O)c1. The molecule has 1 N–H and O–H groups in total. The number of benzene rings is 1. The summed E-state index contributed by atoms with van der Waals surface area (Å²) in [6.45, 7) is 6.56. The minimum Gasteiger partial charge on any atom is -0.496 e. The van der Waals surface area contributed by atoms with Gasteiger partial charge in [0.2, 0.25) is 0 Å². The van der Waals surface area contributed by atoms with E-state index < -0.39 is 0 Å². The summed E-state index contributed by atoms with van der Waals surface area (Å²) < 4.78 is 6.69. The van der Waals surface area contributed by atoms with E-state index in [-0.39, 0.29) is 11.5 Å². The highest BCUT2D eigenvalue weighted by Crippen LogP contribution is 2.11. The Morgan fingerprint density at radius 3 is 2.52 bits per heavy atom. The topological polar surface area (TPSA) is 60.3 Å². The van der Waals surface area contributed by atoms with Gasteiger partial charge in [0.25, 0.3) is 11.5 Å². The maximum absolute atomic E-state index is 12.2. The Bertz CT molecular complexity index is 778. The lowest BCUT2D eigenvalue weighted by Gasteiger charge is -2.12. The first-order valence-electron chi connectivity index (χ1n) is 7.53. The molecule has 23 heavy (non-hydrogen) atoms. The molecule has 0 radical (unpaired) electrons. The molecule has 0 aliphatic rings. The highest BCUT2D eigenvalue weighted by Gasteiger charge is 2.09. The zero-order chi connectivity index (χ0) is 17.0. The summed E-state index contributed by atoms with van der Waals surface area (Å²) in [6, 6.07) is 8.96. The fraction of sp³-hybridized carbons (Fsp3) is 0.333. The standard InChI is InChI=1S/C18H22N2O3/c1-12-5-6-16(13(2)9-12)18(22)19-7-8-20-14(3)10-15(23-4)11-17(20)21/h5-6,9-11H,7-8H2,1-4H3,(H,19,22). The van der Waals surface area contributed by atoms with Crippen molar-refractivity contribution in [2.45, 2.75) is 27.3 Å². The van der Waals surface area contributed by atoms with Crippen LogP contribution in [0, 0.1) is 20.8 Å². The van der Waals surface area contributed by atoms with E-state index in [1.54, 1.807) is 10.6 Å². The molecule has 1 amide bonds. The zero-order valence-corrected chi connectivity index (χ0v) is 14.0. The number of carbonyl (C=O) groups is 1. The molecule has 5 heteroatoms. The second kappa shape index (κ2) is 7.13. The number of aryl methyl sites for hydroxylation is 3. The lowest BCUT2D eigenvalue weighted by Crippen LogP contribution is -2.31. The number of carbonyl (C=O) groups excluding carboxylic acids is 1. The molecule has 0 bridgehead atoms. The Morgan fingerprint density at radius 1 is 1.17 bits per heavy atom. The van der Waals surface area contributed by atoms with E-state index in [0.29, 0.717) is 24.4 Å². The molecule has 1 aromatic carbocycles. The van der Waals surface area contributed by atoms with Gasteiger partial charge in [0.15, 0.2) is 0 Å². The third-order valence-electron chi connectivity index (χ3n) is 3.79. The van der Waals surface area contributed by atoms with Crippen molar-refractivity contribution in [1.29, 1.82) is 0 Å². The number of hydrogen-bond donors (Lipinski definition) is 1. The normalized spacial score (nSPS) is 10.4. The number of methoxy groups -OCH3 is 1. The molecular weight excluding hydrogens is 292 g/mol. The highest BCUT2D eigenvalue weighted by molar-refractivity contribution is 5.95. The largest absolute Gasteiger partial charge is 0.496 e. The first-order chi connectivity index (χ1) is 10.9. The molecule has 2 aromatic rings. The van der Waals surface area contributed by atoms with Crippen LogP contribution in [-0.2, 0) is 6.54 Å². The van der Waals surface area contributed by atoms with Crippen molar-refractivity contribution in [2.24, 2.45) is 0 Å². The minimum atomic E-state index is -0.136. The molecule has 2 rings (SSSR count). The summed E-state index contributed by atoms with van der Waals surface area (Å²) in [6.07, 6.45) is 0. The number of nitrogens with one attached hydrogen (secondary N) is 1. The van der Waals surface area contributed by atoms with Gasteiger partial charge in [-0.05, 0) is 38.5 Å². The summed E-state index contributed by atoms with van der Waals surface area (Å²) in [5.41, 5.74) is 3.40. The molecule has 0 saturated heterocycles. The first kappa shape index (κ1) is 16.8. The van der Waals surface area contributed by atoms with E-state index >= 15 is 0 Å². The Labute approximate surface area is 135 Å². The van der Waals surface area contributed by atoms with Gasteiger partial charge in [0, 0.05) is 30.4 Å². The van der Waals surface area contributed by atoms with Crippen LogP contribution < -0.4 is 15.6 Å². The van der Waals surface area contributed by atoms with Gasteiger partial charge < -0.3 is 14.6 Å². The average Bonchev–Trinajstić information content (AvgIpc) is 2.49. The van der Waals surface area contributed by atoms with E-state index in [2.05, 4.69) is 5.32 Å². The minimum absolute atomic E-state index is 0.123. The lowest BCUT2D eigenvalue weighted by molar-refractivity contribution is 0.0951. The molecule has 1 aromatic heterocycles. The number of rotatable bonds is 5. The Morgan fingerprint density at radius 2 is 1.91 bits per heavy atom. The van der Waals surface area contributed by atoms with Gasteiger partial charge in [0.05, 0.1) is 7.11 Å². The third kappa shape index (κ3) is 4.00. The molecule has 0 aliphatic heterocycles. The molecule has 1 heterocycles. The van der Waals surface area contributed by atoms with Crippen molar-refractivity contribution >= 4 is 5.91 Å². The third-order valence-corrected chi connectivity index (χ3v) is 3.79. The van der Waals surface area contributed by atoms with Crippen LogP contribution in [0.2, 0.25) is 0 Å². The summed E-state index contributed by atoms with van der Waals surface area (Å²) in [4.78, 5) is 24.2. The van der Waals surface area contributed by atoms with Gasteiger partial charge in [-0.25, -0.2) is 0 Å². The number of pyridine rings is 1. The van der Waals surface area contributed by atoms with Crippen molar-refractivity contribution in [3.05, 3.63) is 63.1 Å². The highest BCUT2D eigenvalue weighted by atomic mass is 16.5. The predicted molar refractivity (Wildman–Crippen MR) is 90.2 cm³/mol. The van der Waals surface area contributed by atoms with E-state index in [4.69, 9.17) is 4.74 Å². The fourth-order valence-electron chi connectivity index (χ4n) is 2.55. The summed E-state index contributed by atoms with van der Waals surface area (Å²) in [7, 11) is 1.53. The fourth-order valence-corrected chi connectivity index (χ4v) is 2.55. The molecule has 122 valence electrons. The van der Waals surface area contributed by atoms with Gasteiger partial charge in [-0.1, -0.05) is 17.7 Å². The maximum atomic E-state index is 12.2. The molecule has 0 fully saturated rings. The second-order valence-electron chi connectivity index (χ2n) is 5.60. The van der Waals surface area contributed by atoms with E-state index in [0.717, 1.165) is 16.8 Å². The number of hydrogen-bond acceptors (Lipinski definition) is 3. The molecule has 0 atom stereocenters. The number of aromatic nitrogens is 1. The number of nitrogens with zero attached hydrogens (tertiary/aromatic N) is 1. The number of amides is 1. The predicted octanol–water partition coefficient (Wildman–Crippen LogP) is 2.21. The second-order valence-corrected chi connectivity index (χ2v) is 5.60. The van der Waals surface area contributed by atoms with Crippen molar-refractivity contribution in [2.75, 3.05) is 13.7 Å².